The summed E-state index contributed by atoms with van der Waals surface area (Å²) >= 11 is 0. The van der Waals surface area contributed by atoms with Gasteiger partial charge in [-0.2, -0.15) is 0 Å². The van der Waals surface area contributed by atoms with Gasteiger partial charge in [-0.3, -0.25) is 4.79 Å². The summed E-state index contributed by atoms with van der Waals surface area (Å²) in [6, 6.07) is -0.136. The van der Waals surface area contributed by atoms with Crippen LogP contribution in [0.15, 0.2) is 0 Å². The van der Waals surface area contributed by atoms with Crippen LogP contribution < -0.4 is 11.1 Å². The highest BCUT2D eigenvalue weighted by Crippen LogP contribution is 2.25. The van der Waals surface area contributed by atoms with E-state index in [4.69, 9.17) is 15.2 Å². The smallest absolute Gasteiger partial charge is 0.252 e. The summed E-state index contributed by atoms with van der Waals surface area (Å²) in [6.45, 7) is 3.27. The Morgan fingerprint density at radius 3 is 2.93 bits per heavy atom. The molecule has 1 fully saturated rings. The van der Waals surface area contributed by atoms with Crippen LogP contribution in [0.25, 0.3) is 0 Å². The van der Waals surface area contributed by atoms with E-state index in [0.29, 0.717) is 19.8 Å². The minimum absolute atomic E-state index is 0.0903. The minimum atomic E-state index is -0.679. The van der Waals surface area contributed by atoms with Crippen LogP contribution in [0.3, 0.4) is 0 Å². The summed E-state index contributed by atoms with van der Waals surface area (Å²) in [6.07, 6.45) is 1.70. The third kappa shape index (κ3) is 3.15. The molecule has 0 aromatic carbocycles. The van der Waals surface area contributed by atoms with Crippen molar-refractivity contribution in [3.8, 4) is 0 Å². The van der Waals surface area contributed by atoms with Crippen LogP contribution in [0.1, 0.15) is 19.8 Å². The van der Waals surface area contributed by atoms with Crippen molar-refractivity contribution < 1.29 is 14.3 Å². The van der Waals surface area contributed by atoms with Gasteiger partial charge in [0.05, 0.1) is 12.6 Å². The van der Waals surface area contributed by atoms with E-state index in [2.05, 4.69) is 5.32 Å². The number of hydrogen-bond donors (Lipinski definition) is 2. The summed E-state index contributed by atoms with van der Waals surface area (Å²) in [5, 5.41) is 2.84. The Hall–Kier alpha value is -0.650. The lowest BCUT2D eigenvalue weighted by Gasteiger charge is -2.25. The lowest BCUT2D eigenvalue weighted by atomic mass is 10.0. The van der Waals surface area contributed by atoms with Gasteiger partial charge >= 0.3 is 0 Å². The Morgan fingerprint density at radius 1 is 1.73 bits per heavy atom. The van der Waals surface area contributed by atoms with Crippen molar-refractivity contribution in [1.82, 2.24) is 5.32 Å². The molecule has 3 N–H and O–H groups in total. The molecule has 1 aliphatic heterocycles. The summed E-state index contributed by atoms with van der Waals surface area (Å²) in [4.78, 5) is 11.9. The molecule has 5 nitrogen and oxygen atoms in total. The first-order valence-corrected chi connectivity index (χ1v) is 5.26. The Morgan fingerprint density at radius 2 is 2.47 bits per heavy atom. The SMILES string of the molecule is COCC(CN)NC(=O)C1(C)CCCO1. The zero-order chi connectivity index (χ0) is 11.3. The molecule has 88 valence electrons. The number of ether oxygens (including phenoxy) is 2. The van der Waals surface area contributed by atoms with E-state index in [1.807, 2.05) is 6.92 Å². The molecule has 1 rings (SSSR count). The van der Waals surface area contributed by atoms with Gasteiger partial charge in [0.2, 0.25) is 0 Å². The zero-order valence-electron chi connectivity index (χ0n) is 9.41. The summed E-state index contributed by atoms with van der Waals surface area (Å²) in [5.74, 6) is -0.0903. The monoisotopic (exact) mass is 216 g/mol. The third-order valence-electron chi connectivity index (χ3n) is 2.69. The molecule has 1 saturated heterocycles. The Balaban J connectivity index is 2.45. The fourth-order valence-electron chi connectivity index (χ4n) is 1.67. The number of nitrogens with two attached hydrogens (primary N) is 1. The number of nitrogens with one attached hydrogen (secondary N) is 1. The van der Waals surface area contributed by atoms with Gasteiger partial charge in [0.15, 0.2) is 0 Å². The molecule has 0 spiro atoms. The van der Waals surface area contributed by atoms with Gasteiger partial charge in [0.1, 0.15) is 5.60 Å². The molecule has 0 aromatic heterocycles. The number of amides is 1. The number of rotatable bonds is 5. The van der Waals surface area contributed by atoms with Gasteiger partial charge in [0.25, 0.3) is 5.91 Å². The van der Waals surface area contributed by atoms with E-state index in [9.17, 15) is 4.79 Å². The molecule has 0 aliphatic carbocycles. The van der Waals surface area contributed by atoms with Crippen LogP contribution in [-0.4, -0.2) is 44.4 Å². The molecular weight excluding hydrogens is 196 g/mol. The minimum Gasteiger partial charge on any atom is -0.383 e. The van der Waals surface area contributed by atoms with Gasteiger partial charge in [0, 0.05) is 20.3 Å². The summed E-state index contributed by atoms with van der Waals surface area (Å²) in [5.41, 5.74) is 4.83. The van der Waals surface area contributed by atoms with Crippen LogP contribution >= 0.6 is 0 Å². The summed E-state index contributed by atoms with van der Waals surface area (Å²) < 4.78 is 10.4. The normalized spacial score (nSPS) is 27.7. The van der Waals surface area contributed by atoms with Crippen LogP contribution in [-0.2, 0) is 14.3 Å². The molecule has 1 amide bonds. The number of hydrogen-bond acceptors (Lipinski definition) is 4. The second-order valence-electron chi connectivity index (χ2n) is 4.04. The van der Waals surface area contributed by atoms with Crippen LogP contribution in [0.2, 0.25) is 0 Å². The van der Waals surface area contributed by atoms with Crippen molar-refractivity contribution >= 4 is 5.91 Å². The standard InChI is InChI=1S/C10H20N2O3/c1-10(4-3-5-15-10)9(13)12-8(6-11)7-14-2/h8H,3-7,11H2,1-2H3,(H,12,13). The molecule has 2 atom stereocenters. The second kappa shape index (κ2) is 5.44. The number of carbonyl (C=O) groups is 1. The number of carbonyl (C=O) groups excluding carboxylic acids is 1. The maximum absolute atomic E-state index is 11.9. The molecule has 2 unspecified atom stereocenters. The molecule has 0 bridgehead atoms. The van der Waals surface area contributed by atoms with Crippen LogP contribution in [0, 0.1) is 0 Å². The zero-order valence-corrected chi connectivity index (χ0v) is 9.41. The lowest BCUT2D eigenvalue weighted by molar-refractivity contribution is -0.140. The predicted molar refractivity (Wildman–Crippen MR) is 56.5 cm³/mol. The fraction of sp³-hybridized carbons (Fsp3) is 0.900. The van der Waals surface area contributed by atoms with E-state index in [0.717, 1.165) is 12.8 Å². The highest BCUT2D eigenvalue weighted by molar-refractivity contribution is 5.85. The van der Waals surface area contributed by atoms with Gasteiger partial charge in [-0.15, -0.1) is 0 Å². The van der Waals surface area contributed by atoms with E-state index in [1.165, 1.54) is 0 Å². The third-order valence-corrected chi connectivity index (χ3v) is 2.69. The van der Waals surface area contributed by atoms with Crippen molar-refractivity contribution in [3.63, 3.8) is 0 Å². The molecule has 15 heavy (non-hydrogen) atoms. The van der Waals surface area contributed by atoms with Crippen LogP contribution in [0.4, 0.5) is 0 Å². The van der Waals surface area contributed by atoms with Crippen molar-refractivity contribution in [2.75, 3.05) is 26.9 Å². The largest absolute Gasteiger partial charge is 0.383 e. The van der Waals surface area contributed by atoms with E-state index < -0.39 is 5.60 Å². The maximum Gasteiger partial charge on any atom is 0.252 e. The summed E-state index contributed by atoms with van der Waals surface area (Å²) in [7, 11) is 1.59. The Bertz CT molecular complexity index is 215. The lowest BCUT2D eigenvalue weighted by Crippen LogP contribution is -2.51. The van der Waals surface area contributed by atoms with Gasteiger partial charge in [-0.05, 0) is 19.8 Å². The van der Waals surface area contributed by atoms with E-state index >= 15 is 0 Å². The van der Waals surface area contributed by atoms with Crippen LogP contribution in [0.5, 0.6) is 0 Å². The molecule has 0 aromatic rings. The van der Waals surface area contributed by atoms with Crippen molar-refractivity contribution in [1.29, 1.82) is 0 Å². The fourth-order valence-corrected chi connectivity index (χ4v) is 1.67. The Kier molecular flexibility index (Phi) is 4.50. The molecule has 1 aliphatic rings. The second-order valence-corrected chi connectivity index (χ2v) is 4.04. The average molecular weight is 216 g/mol. The maximum atomic E-state index is 11.9. The highest BCUT2D eigenvalue weighted by atomic mass is 16.5. The topological polar surface area (TPSA) is 73.6 Å². The van der Waals surface area contributed by atoms with E-state index in [-0.39, 0.29) is 11.9 Å². The van der Waals surface area contributed by atoms with E-state index in [1.54, 1.807) is 7.11 Å². The highest BCUT2D eigenvalue weighted by Gasteiger charge is 2.38. The van der Waals surface area contributed by atoms with Crippen molar-refractivity contribution in [3.05, 3.63) is 0 Å². The molecule has 1 heterocycles. The van der Waals surface area contributed by atoms with Gasteiger partial charge < -0.3 is 20.5 Å². The van der Waals surface area contributed by atoms with Crippen molar-refractivity contribution in [2.24, 2.45) is 5.73 Å². The quantitative estimate of drug-likeness (QED) is 0.658. The molecule has 0 radical (unpaired) electrons. The first-order valence-electron chi connectivity index (χ1n) is 5.26. The van der Waals surface area contributed by atoms with Gasteiger partial charge in [-0.1, -0.05) is 0 Å². The average Bonchev–Trinajstić information content (AvgIpc) is 2.65. The first-order chi connectivity index (χ1) is 7.12. The van der Waals surface area contributed by atoms with Gasteiger partial charge in [-0.25, -0.2) is 0 Å². The molecule has 5 heteroatoms. The first kappa shape index (κ1) is 12.4. The molecular formula is C10H20N2O3. The number of methoxy groups -OCH3 is 1. The molecule has 0 saturated carbocycles. The Labute approximate surface area is 90.3 Å². The predicted octanol–water partition coefficient (Wildman–Crippen LogP) is -0.355. The van der Waals surface area contributed by atoms with Crippen molar-refractivity contribution in [2.45, 2.75) is 31.4 Å².